The minimum absolute atomic E-state index is 0.0901. The lowest BCUT2D eigenvalue weighted by Gasteiger charge is -2.25. The van der Waals surface area contributed by atoms with Crippen molar-refractivity contribution in [3.05, 3.63) is 23.3 Å². The average Bonchev–Trinajstić information content (AvgIpc) is 3.30. The Morgan fingerprint density at radius 3 is 1.18 bits per heavy atom. The van der Waals surface area contributed by atoms with Crippen LogP contribution in [0.1, 0.15) is 11.1 Å². The number of halogens is 6. The molecule has 3 rings (SSSR count). The smallest absolute Gasteiger partial charge is 0.380 e. The van der Waals surface area contributed by atoms with Gasteiger partial charge in [-0.3, -0.25) is 0 Å². The van der Waals surface area contributed by atoms with Crippen LogP contribution in [-0.2, 0) is 0 Å². The van der Waals surface area contributed by atoms with E-state index in [1.807, 2.05) is 39.3 Å². The molecule has 2 nitrogen and oxygen atoms in total. The molecular formula is C21H26F6O2S2Si2. The van der Waals surface area contributed by atoms with E-state index in [2.05, 4.69) is 0 Å². The first-order valence-corrected chi connectivity index (χ1v) is 18.7. The predicted molar refractivity (Wildman–Crippen MR) is 129 cm³/mol. The molecule has 2 aromatic heterocycles. The number of thiophene rings is 2. The Morgan fingerprint density at radius 2 is 0.939 bits per heavy atom. The van der Waals surface area contributed by atoms with Crippen molar-refractivity contribution in [3.8, 4) is 10.1 Å². The van der Waals surface area contributed by atoms with Crippen molar-refractivity contribution in [1.29, 1.82) is 0 Å². The number of ether oxygens (including phenoxy) is 2. The number of allylic oxidation sites excluding steroid dienone is 2. The van der Waals surface area contributed by atoms with Crippen molar-refractivity contribution < 1.29 is 35.8 Å². The van der Waals surface area contributed by atoms with Gasteiger partial charge >= 0.3 is 17.8 Å². The lowest BCUT2D eigenvalue weighted by molar-refractivity contribution is -0.254. The maximum atomic E-state index is 15.2. The molecule has 0 N–H and O–H groups in total. The van der Waals surface area contributed by atoms with Crippen LogP contribution in [-0.4, -0.2) is 48.1 Å². The molecule has 0 unspecified atom stereocenters. The van der Waals surface area contributed by atoms with Gasteiger partial charge < -0.3 is 9.47 Å². The van der Waals surface area contributed by atoms with E-state index in [9.17, 15) is 8.78 Å². The minimum atomic E-state index is -5.62. The first-order valence-electron chi connectivity index (χ1n) is 10.1. The average molecular weight is 545 g/mol. The lowest BCUT2D eigenvalue weighted by Crippen LogP contribution is -2.49. The third-order valence-corrected chi connectivity index (χ3v) is 14.8. The van der Waals surface area contributed by atoms with Gasteiger partial charge in [-0.25, -0.2) is 0 Å². The van der Waals surface area contributed by atoms with E-state index < -0.39 is 56.2 Å². The van der Waals surface area contributed by atoms with Crippen molar-refractivity contribution in [3.63, 3.8) is 0 Å². The number of hydrogen-bond donors (Lipinski definition) is 0. The quantitative estimate of drug-likeness (QED) is 0.296. The van der Waals surface area contributed by atoms with Crippen molar-refractivity contribution in [2.24, 2.45) is 0 Å². The van der Waals surface area contributed by atoms with Crippen molar-refractivity contribution in [2.45, 2.75) is 57.0 Å². The fourth-order valence-corrected chi connectivity index (χ4v) is 9.19. The molecule has 2 aromatic rings. The Hall–Kier alpha value is -1.25. The summed E-state index contributed by atoms with van der Waals surface area (Å²) in [5, 5.41) is -0.180. The van der Waals surface area contributed by atoms with Crippen molar-refractivity contribution in [1.82, 2.24) is 0 Å². The third kappa shape index (κ3) is 3.90. The van der Waals surface area contributed by atoms with Crippen LogP contribution in [0.3, 0.4) is 0 Å². The van der Waals surface area contributed by atoms with Crippen LogP contribution in [0.4, 0.5) is 26.3 Å². The zero-order chi connectivity index (χ0) is 25.4. The summed E-state index contributed by atoms with van der Waals surface area (Å²) < 4.78 is 102. The Labute approximate surface area is 199 Å². The van der Waals surface area contributed by atoms with Gasteiger partial charge in [-0.05, 0) is 21.1 Å². The van der Waals surface area contributed by atoms with Gasteiger partial charge in [0, 0.05) is 22.3 Å². The molecule has 2 heterocycles. The van der Waals surface area contributed by atoms with Crippen molar-refractivity contribution in [2.75, 3.05) is 14.2 Å². The van der Waals surface area contributed by atoms with Gasteiger partial charge in [0.25, 0.3) is 0 Å². The largest absolute Gasteiger partial charge is 0.487 e. The molecule has 1 aliphatic rings. The fraction of sp³-hybridized carbons (Fsp3) is 0.524. The van der Waals surface area contributed by atoms with Gasteiger partial charge in [-0.2, -0.15) is 26.3 Å². The molecular weight excluding hydrogens is 519 g/mol. The predicted octanol–water partition coefficient (Wildman–Crippen LogP) is 6.75. The van der Waals surface area contributed by atoms with E-state index in [4.69, 9.17) is 9.47 Å². The molecule has 0 amide bonds. The molecule has 0 saturated heterocycles. The molecule has 0 saturated carbocycles. The Bertz CT molecular complexity index is 1020. The Balaban J connectivity index is 2.48. The van der Waals surface area contributed by atoms with Gasteiger partial charge in [-0.1, -0.05) is 39.3 Å². The highest BCUT2D eigenvalue weighted by Crippen LogP contribution is 2.66. The van der Waals surface area contributed by atoms with Crippen molar-refractivity contribution >= 4 is 59.0 Å². The molecule has 0 atom stereocenters. The van der Waals surface area contributed by atoms with E-state index >= 15 is 17.6 Å². The monoisotopic (exact) mass is 544 g/mol. The third-order valence-electron chi connectivity index (χ3n) is 5.45. The van der Waals surface area contributed by atoms with Crippen LogP contribution in [0.15, 0.2) is 12.1 Å². The van der Waals surface area contributed by atoms with Gasteiger partial charge in [0.15, 0.2) is 10.1 Å². The van der Waals surface area contributed by atoms with Gasteiger partial charge in [0.05, 0.1) is 30.4 Å². The Morgan fingerprint density at radius 1 is 0.636 bits per heavy atom. The molecule has 0 fully saturated rings. The summed E-state index contributed by atoms with van der Waals surface area (Å²) in [6.07, 6.45) is 0. The van der Waals surface area contributed by atoms with Gasteiger partial charge in [-0.15, -0.1) is 22.7 Å². The molecule has 0 aliphatic heterocycles. The highest BCUT2D eigenvalue weighted by atomic mass is 32.1. The molecule has 1 aliphatic carbocycles. The van der Waals surface area contributed by atoms with Gasteiger partial charge in [0.2, 0.25) is 0 Å². The molecule has 0 spiro atoms. The fourth-order valence-electron chi connectivity index (χ4n) is 3.57. The highest BCUT2D eigenvalue weighted by molar-refractivity contribution is 7.28. The summed E-state index contributed by atoms with van der Waals surface area (Å²) in [6.45, 7) is 11.6. The normalized spacial score (nSPS) is 19.8. The standard InChI is InChI=1S/C21H26F6O2S2Si2/c1-28-17-11(9-13(30-17)32(3,4)5)15-16(20(24,25)21(26,27)19(15,22)23)12-10-14(33(6,7)8)31-18(12)29-2/h9-10H,1-8H3. The summed E-state index contributed by atoms with van der Waals surface area (Å²) in [4.78, 5) is 0. The first kappa shape index (κ1) is 26.4. The van der Waals surface area contributed by atoms with E-state index in [1.54, 1.807) is 0 Å². The second-order valence-electron chi connectivity index (χ2n) is 10.0. The summed E-state index contributed by atoms with van der Waals surface area (Å²) in [6, 6.07) is 2.63. The highest BCUT2D eigenvalue weighted by Gasteiger charge is 2.80. The number of alkyl halides is 6. The Kier molecular flexibility index (Phi) is 6.30. The first-order chi connectivity index (χ1) is 14.8. The van der Waals surface area contributed by atoms with Gasteiger partial charge in [0.1, 0.15) is 0 Å². The lowest BCUT2D eigenvalue weighted by atomic mass is 9.98. The van der Waals surface area contributed by atoms with E-state index in [1.165, 1.54) is 26.4 Å². The van der Waals surface area contributed by atoms with E-state index in [-0.39, 0.29) is 10.1 Å². The molecule has 0 radical (unpaired) electrons. The maximum Gasteiger partial charge on any atom is 0.380 e. The number of hydrogen-bond acceptors (Lipinski definition) is 4. The summed E-state index contributed by atoms with van der Waals surface area (Å²) >= 11 is 2.06. The zero-order valence-electron chi connectivity index (χ0n) is 19.6. The van der Waals surface area contributed by atoms with Crippen LogP contribution in [0, 0.1) is 0 Å². The van der Waals surface area contributed by atoms with Crippen LogP contribution in [0.2, 0.25) is 39.3 Å². The van der Waals surface area contributed by atoms with Crippen LogP contribution in [0.25, 0.3) is 11.1 Å². The number of rotatable bonds is 6. The second-order valence-corrected chi connectivity index (χ2v) is 22.8. The second kappa shape index (κ2) is 7.89. The topological polar surface area (TPSA) is 18.5 Å². The molecule has 184 valence electrons. The molecule has 33 heavy (non-hydrogen) atoms. The summed E-state index contributed by atoms with van der Waals surface area (Å²) in [5.41, 5.74) is -3.62. The van der Waals surface area contributed by atoms with E-state index in [0.717, 1.165) is 22.7 Å². The van der Waals surface area contributed by atoms with Crippen LogP contribution < -0.4 is 18.5 Å². The SMILES string of the molecule is COc1sc([Si](C)(C)C)cc1C1=C(c2cc([Si](C)(C)C)sc2OC)C(F)(F)C(F)(F)C1(F)F. The van der Waals surface area contributed by atoms with Crippen LogP contribution in [0.5, 0.6) is 10.1 Å². The summed E-state index contributed by atoms with van der Waals surface area (Å²) in [5.74, 6) is -15.9. The molecule has 12 heteroatoms. The minimum Gasteiger partial charge on any atom is -0.487 e. The molecule has 0 bridgehead atoms. The maximum absolute atomic E-state index is 15.2. The zero-order valence-corrected chi connectivity index (χ0v) is 23.2. The van der Waals surface area contributed by atoms with Crippen LogP contribution >= 0.6 is 22.7 Å². The molecule has 0 aromatic carbocycles. The number of methoxy groups -OCH3 is 2. The van der Waals surface area contributed by atoms with E-state index in [0.29, 0.717) is 9.00 Å². The summed E-state index contributed by atoms with van der Waals surface area (Å²) in [7, 11) is -1.76.